The van der Waals surface area contributed by atoms with Crippen LogP contribution in [0.25, 0.3) is 21.8 Å². The van der Waals surface area contributed by atoms with Crippen LogP contribution in [-0.2, 0) is 83.2 Å². The SMILES string of the molecule is CCC[C@H](NC(=O)[C@H](CCCN=C(N)N)NC(=O)[C@H](Cc1c[nH]c2ccccc12)NC(=O)[C@@H](N)CC[C@H](N)C(=O)N[C@@H](Cc1c[nH]c2ccccc12)C(=O)N[C@@H](CCCN=C(N)N)C(=O)N[C@@H](CCC)C(=O)N[C@@H](CCCN=C(N)N)C(=O)N[C@@H](Cc1ccc(O)cc1)C(N)=O)C(=O)N[C@@H](CCCN=C(N)N)C(=O)N[C@@H](Cc1ccc(O)cc1)C(N)=O. The van der Waals surface area contributed by atoms with Crippen LogP contribution in [0, 0.1) is 0 Å². The third kappa shape index (κ3) is 32.8. The number of carbonyl (C=O) groups excluding carboxylic acids is 12. The number of benzene rings is 4. The zero-order chi connectivity index (χ0) is 89.5. The van der Waals surface area contributed by atoms with E-state index < -0.39 is 143 Å². The van der Waals surface area contributed by atoms with Gasteiger partial charge in [0.05, 0.1) is 12.1 Å². The van der Waals surface area contributed by atoms with Crippen molar-refractivity contribution in [1.82, 2.24) is 63.1 Å². The molecule has 0 aliphatic rings. The minimum absolute atomic E-state index is 0.00817. The molecule has 12 atom stereocenters. The summed E-state index contributed by atoms with van der Waals surface area (Å²) in [6.45, 7) is 3.52. The number of aromatic hydroxyl groups is 2. The van der Waals surface area contributed by atoms with Crippen LogP contribution in [0.1, 0.15) is 126 Å². The molecular weight excluding hydrogens is 1580 g/mol. The number of phenols is 2. The van der Waals surface area contributed by atoms with E-state index in [4.69, 9.17) is 68.8 Å². The Morgan fingerprint density at radius 3 is 0.820 bits per heavy atom. The molecule has 0 saturated carbocycles. The molecule has 42 nitrogen and oxygen atoms in total. The maximum absolute atomic E-state index is 15.0. The number of nitrogens with one attached hydrogen (secondary N) is 12. The Morgan fingerprint density at radius 1 is 0.311 bits per heavy atom. The maximum atomic E-state index is 15.0. The topological polar surface area (TPSA) is 759 Å². The van der Waals surface area contributed by atoms with Gasteiger partial charge < -0.3 is 142 Å². The predicted molar refractivity (Wildman–Crippen MR) is 460 cm³/mol. The average Bonchev–Trinajstić information content (AvgIpc) is 1.67. The number of aromatic amines is 2. The van der Waals surface area contributed by atoms with Gasteiger partial charge in [-0.05, 0) is 136 Å². The molecule has 662 valence electrons. The molecule has 38 N–H and O–H groups in total. The zero-order valence-corrected chi connectivity index (χ0v) is 68.4. The van der Waals surface area contributed by atoms with Gasteiger partial charge >= 0.3 is 0 Å². The molecule has 42 heteroatoms. The standard InChI is InChI=1S/C80H118N28O14/c1-3-13-55(69(115)101-59(21-11-35-95-79(89)90)73(119)105-61(65(83)111)37-43-23-27-47(109)28-24-43)99-71(117)57(19-9-33-93-77(85)86)103-75(121)63(39-45-41-97-53-17-7-5-15-49(45)53)107-67(113)51(81)31-32-52(82)68(114)108-64(40-46-42-98-54-18-8-6-16-50(46)54)76(122)104-58(20-10-34-94-78(87)88)72(118)100-56(14-4-2)70(116)102-60(22-12-36-96-80(91)92)74(120)106-62(66(84)112)38-44-25-29-48(110)30-26-44/h5-8,15-18,23-30,41-42,51-52,55-64,97-98,109-110H,3-4,9-14,19-22,31-40,81-82H2,1-2H3,(H2,83,111)(H2,84,112)(H,99,117)(H,100,118)(H,101,115)(H,102,116)(H,103,121)(H,104,122)(H,105,119)(H,106,120)(H,107,113)(H,108,114)(H4,85,86,93)(H4,87,88,94)(H4,89,90,95)(H4,91,92,96)/t51-,52-,55-,56-,57-,58-,59-,60-,61-,62-,63-,64-/m0/s1. The number of nitrogens with two attached hydrogens (primary N) is 12. The first-order valence-corrected chi connectivity index (χ1v) is 40.1. The number of hydrogen-bond acceptors (Lipinski definition) is 20. The van der Waals surface area contributed by atoms with Gasteiger partial charge in [0.15, 0.2) is 23.8 Å². The second-order valence-corrected chi connectivity index (χ2v) is 29.4. The summed E-state index contributed by atoms with van der Waals surface area (Å²) in [5.41, 5.74) is 73.0. The molecule has 2 heterocycles. The van der Waals surface area contributed by atoms with Gasteiger partial charge in [-0.1, -0.05) is 87.4 Å². The minimum atomic E-state index is -1.49. The Hall–Kier alpha value is -13.8. The number of H-pyrrole nitrogens is 2. The van der Waals surface area contributed by atoms with Crippen molar-refractivity contribution in [2.24, 2.45) is 88.8 Å². The molecule has 0 aliphatic carbocycles. The van der Waals surface area contributed by atoms with Gasteiger partial charge in [-0.2, -0.15) is 0 Å². The molecule has 0 aliphatic heterocycles. The van der Waals surface area contributed by atoms with Crippen molar-refractivity contribution in [2.45, 2.75) is 202 Å². The van der Waals surface area contributed by atoms with Crippen LogP contribution >= 0.6 is 0 Å². The molecule has 0 fully saturated rings. The molecular formula is C80H118N28O14. The third-order valence-corrected chi connectivity index (χ3v) is 19.7. The second kappa shape index (κ2) is 49.6. The second-order valence-electron chi connectivity index (χ2n) is 29.4. The average molecular weight is 1700 g/mol. The van der Waals surface area contributed by atoms with Crippen molar-refractivity contribution in [3.63, 3.8) is 0 Å². The fourth-order valence-electron chi connectivity index (χ4n) is 13.2. The lowest BCUT2D eigenvalue weighted by Crippen LogP contribution is -2.60. The van der Waals surface area contributed by atoms with E-state index in [2.05, 4.69) is 83.1 Å². The largest absolute Gasteiger partial charge is 0.508 e. The lowest BCUT2D eigenvalue weighted by molar-refractivity contribution is -0.135. The van der Waals surface area contributed by atoms with E-state index in [1.54, 1.807) is 74.8 Å². The van der Waals surface area contributed by atoms with Crippen LogP contribution in [0.15, 0.2) is 129 Å². The number of primary amides is 2. The Kier molecular flexibility index (Phi) is 39.4. The van der Waals surface area contributed by atoms with E-state index in [-0.39, 0.29) is 164 Å². The van der Waals surface area contributed by atoms with Gasteiger partial charge in [-0.3, -0.25) is 77.5 Å². The van der Waals surface area contributed by atoms with Crippen molar-refractivity contribution < 1.29 is 67.7 Å². The monoisotopic (exact) mass is 1690 g/mol. The summed E-state index contributed by atoms with van der Waals surface area (Å²) in [5.74, 6) is -11.4. The first kappa shape index (κ1) is 97.0. The van der Waals surface area contributed by atoms with Crippen LogP contribution in [0.4, 0.5) is 0 Å². The van der Waals surface area contributed by atoms with Gasteiger partial charge in [-0.25, -0.2) is 0 Å². The van der Waals surface area contributed by atoms with E-state index in [0.29, 0.717) is 56.9 Å². The summed E-state index contributed by atoms with van der Waals surface area (Å²) in [5, 5.41) is 47.9. The molecule has 12 amide bonds. The smallest absolute Gasteiger partial charge is 0.243 e. The normalized spacial score (nSPS) is 14.0. The number of aliphatic imine (C=N–C) groups is 4. The van der Waals surface area contributed by atoms with Gasteiger partial charge in [0, 0.05) is 86.1 Å². The van der Waals surface area contributed by atoms with Crippen molar-refractivity contribution in [2.75, 3.05) is 26.2 Å². The van der Waals surface area contributed by atoms with E-state index >= 15 is 0 Å². The fourth-order valence-corrected chi connectivity index (χ4v) is 13.2. The molecule has 2 aromatic heterocycles. The number of nitrogens with zero attached hydrogens (tertiary/aromatic N) is 4. The van der Waals surface area contributed by atoms with Gasteiger partial charge in [0.1, 0.15) is 71.9 Å². The highest BCUT2D eigenvalue weighted by Crippen LogP contribution is 2.23. The first-order chi connectivity index (χ1) is 58.1. The predicted octanol–water partition coefficient (Wildman–Crippen LogP) is -4.60. The maximum Gasteiger partial charge on any atom is 0.243 e. The molecule has 122 heavy (non-hydrogen) atoms. The quantitative estimate of drug-likeness (QED) is 0.00971. The Bertz CT molecular complexity index is 4340. The summed E-state index contributed by atoms with van der Waals surface area (Å²) in [7, 11) is 0. The Labute approximate surface area is 704 Å². The number of aromatic nitrogens is 2. The summed E-state index contributed by atoms with van der Waals surface area (Å²) >= 11 is 0. The summed E-state index contributed by atoms with van der Waals surface area (Å²) < 4.78 is 0. The molecule has 4 aromatic carbocycles. The number of para-hydroxylation sites is 2. The summed E-state index contributed by atoms with van der Waals surface area (Å²) in [4.78, 5) is 193. The van der Waals surface area contributed by atoms with Crippen LogP contribution in [0.5, 0.6) is 11.5 Å². The highest BCUT2D eigenvalue weighted by Gasteiger charge is 2.37. The fraction of sp³-hybridized carbons (Fsp3) is 0.450. The van der Waals surface area contributed by atoms with Crippen molar-refractivity contribution in [3.05, 3.63) is 132 Å². The highest BCUT2D eigenvalue weighted by atomic mass is 16.3. The number of amides is 12. The van der Waals surface area contributed by atoms with Crippen molar-refractivity contribution in [3.8, 4) is 11.5 Å². The molecule has 0 unspecified atom stereocenters. The molecule has 0 radical (unpaired) electrons. The van der Waals surface area contributed by atoms with Crippen LogP contribution < -0.4 is 122 Å². The van der Waals surface area contributed by atoms with Crippen LogP contribution in [0.3, 0.4) is 0 Å². The highest BCUT2D eigenvalue weighted by molar-refractivity contribution is 6.00. The van der Waals surface area contributed by atoms with E-state index in [9.17, 15) is 67.7 Å². The lowest BCUT2D eigenvalue weighted by Gasteiger charge is -2.27. The van der Waals surface area contributed by atoms with Crippen molar-refractivity contribution in [1.29, 1.82) is 0 Å². The number of carbonyl (C=O) groups is 12. The van der Waals surface area contributed by atoms with Gasteiger partial charge in [0.2, 0.25) is 70.9 Å². The number of hydrogen-bond donors (Lipinski definition) is 26. The number of fused-ring (bicyclic) bond motifs is 2. The lowest BCUT2D eigenvalue weighted by atomic mass is 10.0. The number of guanidine groups is 4. The molecule has 0 bridgehead atoms. The minimum Gasteiger partial charge on any atom is -0.508 e. The Morgan fingerprint density at radius 2 is 0.557 bits per heavy atom. The van der Waals surface area contributed by atoms with Crippen LogP contribution in [-0.4, -0.2) is 214 Å². The van der Waals surface area contributed by atoms with Crippen LogP contribution in [0.2, 0.25) is 0 Å². The molecule has 6 aromatic rings. The van der Waals surface area contributed by atoms with E-state index in [1.807, 2.05) is 0 Å². The number of phenolic OH excluding ortho intramolecular Hbond substituents is 2. The molecule has 0 spiro atoms. The number of rotatable bonds is 53. The molecule has 0 saturated heterocycles. The summed E-state index contributed by atoms with van der Waals surface area (Å²) in [6.07, 6.45) is 2.84. The molecule has 6 rings (SSSR count). The summed E-state index contributed by atoms with van der Waals surface area (Å²) in [6, 6.07) is 9.19. The van der Waals surface area contributed by atoms with Gasteiger partial charge in [-0.15, -0.1) is 0 Å². The first-order valence-electron chi connectivity index (χ1n) is 40.1. The van der Waals surface area contributed by atoms with E-state index in [1.165, 1.54) is 48.5 Å². The van der Waals surface area contributed by atoms with E-state index in [0.717, 1.165) is 0 Å². The van der Waals surface area contributed by atoms with Crippen molar-refractivity contribution >= 4 is 117 Å². The third-order valence-electron chi connectivity index (χ3n) is 19.7. The Balaban J connectivity index is 1.22. The van der Waals surface area contributed by atoms with Gasteiger partial charge in [0.25, 0.3) is 0 Å². The zero-order valence-electron chi connectivity index (χ0n) is 68.4.